The summed E-state index contributed by atoms with van der Waals surface area (Å²) in [5.41, 5.74) is 2.15. The lowest BCUT2D eigenvalue weighted by atomic mass is 10.2. The maximum Gasteiger partial charge on any atom is 0.280 e. The van der Waals surface area contributed by atoms with Gasteiger partial charge in [0.05, 0.1) is 18.8 Å². The van der Waals surface area contributed by atoms with E-state index in [1.165, 1.54) is 17.6 Å². The number of hydrogen-bond donors (Lipinski definition) is 3. The lowest BCUT2D eigenvalue weighted by molar-refractivity contribution is -0.912. The molecule has 1 aliphatic heterocycles. The Bertz CT molecular complexity index is 943. The number of carbonyl (C=O) groups is 3. The Morgan fingerprint density at radius 3 is 2.26 bits per heavy atom. The maximum atomic E-state index is 13.1. The van der Waals surface area contributed by atoms with E-state index in [1.807, 2.05) is 19.2 Å². The number of thiophene rings is 1. The molecule has 3 amide bonds. The lowest BCUT2D eigenvalue weighted by Gasteiger charge is -2.36. The van der Waals surface area contributed by atoms with Crippen molar-refractivity contribution in [1.82, 2.24) is 10.5 Å². The number of hydrogen-bond acceptors (Lipinski definition) is 6. The van der Waals surface area contributed by atoms with Crippen LogP contribution in [-0.4, -0.2) is 60.6 Å². The zero-order valence-electron chi connectivity index (χ0n) is 18.2. The van der Waals surface area contributed by atoms with E-state index < -0.39 is 0 Å². The molecule has 3 heterocycles. The van der Waals surface area contributed by atoms with Gasteiger partial charge in [-0.05, 0) is 50.5 Å². The second kappa shape index (κ2) is 10.1. The molecule has 10 heteroatoms. The van der Waals surface area contributed by atoms with E-state index >= 15 is 0 Å². The van der Waals surface area contributed by atoms with Crippen molar-refractivity contribution >= 4 is 40.6 Å². The van der Waals surface area contributed by atoms with E-state index in [0.717, 1.165) is 49.9 Å². The number of amides is 3. The summed E-state index contributed by atoms with van der Waals surface area (Å²) in [5, 5.41) is 14.0. The molecule has 1 saturated heterocycles. The third-order valence-corrected chi connectivity index (χ3v) is 6.75. The van der Waals surface area contributed by atoms with Gasteiger partial charge in [0.2, 0.25) is 0 Å². The van der Waals surface area contributed by atoms with Crippen LogP contribution < -0.4 is 16.0 Å². The molecule has 0 bridgehead atoms. The summed E-state index contributed by atoms with van der Waals surface area (Å²) in [6.45, 7) is 5.54. The summed E-state index contributed by atoms with van der Waals surface area (Å²) in [5.74, 6) is -0.204. The van der Waals surface area contributed by atoms with Crippen LogP contribution in [0.5, 0.6) is 0 Å². The molecule has 3 N–H and O–H groups in total. The first kappa shape index (κ1) is 23.0. The molecular weight excluding hydrogens is 418 g/mol. The Morgan fingerprint density at radius 1 is 1.03 bits per heavy atom. The average molecular weight is 449 g/mol. The molecule has 3 rings (SSSR count). The summed E-state index contributed by atoms with van der Waals surface area (Å²) < 4.78 is 5.27. The van der Waals surface area contributed by atoms with Crippen molar-refractivity contribution in [3.63, 3.8) is 0 Å². The van der Waals surface area contributed by atoms with Gasteiger partial charge in [0, 0.05) is 12.6 Å². The van der Waals surface area contributed by atoms with Crippen molar-refractivity contribution in [1.29, 1.82) is 0 Å². The zero-order valence-corrected chi connectivity index (χ0v) is 19.1. The summed E-state index contributed by atoms with van der Waals surface area (Å²) >= 11 is 1.30. The van der Waals surface area contributed by atoms with Crippen LogP contribution in [0, 0.1) is 13.8 Å². The fourth-order valence-corrected chi connectivity index (χ4v) is 4.93. The lowest BCUT2D eigenvalue weighted by Crippen LogP contribution is -2.56. The van der Waals surface area contributed by atoms with E-state index in [1.54, 1.807) is 7.05 Å². The quantitative estimate of drug-likeness (QED) is 0.564. The van der Waals surface area contributed by atoms with Crippen molar-refractivity contribution in [2.75, 3.05) is 43.9 Å². The van der Waals surface area contributed by atoms with Crippen LogP contribution >= 0.6 is 11.3 Å². The molecule has 0 atom stereocenters. The number of rotatable bonds is 7. The molecule has 0 saturated carbocycles. The van der Waals surface area contributed by atoms with Gasteiger partial charge in [-0.2, -0.15) is 0 Å². The number of quaternary nitrogens is 1. The smallest absolute Gasteiger partial charge is 0.280 e. The molecule has 2 aromatic rings. The molecule has 0 aliphatic carbocycles. The number of aryl methyl sites for hydroxylation is 2. The van der Waals surface area contributed by atoms with E-state index in [0.29, 0.717) is 20.9 Å². The van der Waals surface area contributed by atoms with Crippen molar-refractivity contribution in [3.8, 4) is 0 Å². The van der Waals surface area contributed by atoms with Crippen molar-refractivity contribution in [2.24, 2.45) is 0 Å². The molecule has 1 fully saturated rings. The van der Waals surface area contributed by atoms with Crippen molar-refractivity contribution < 1.29 is 23.4 Å². The second-order valence-corrected chi connectivity index (χ2v) is 9.04. The minimum Gasteiger partial charge on any atom is -0.362 e. The van der Waals surface area contributed by atoms with Gasteiger partial charge in [-0.15, -0.1) is 11.3 Å². The Kier molecular flexibility index (Phi) is 7.45. The molecule has 2 aromatic heterocycles. The summed E-state index contributed by atoms with van der Waals surface area (Å²) in [6, 6.07) is 0. The minimum absolute atomic E-state index is 0.174. The van der Waals surface area contributed by atoms with E-state index in [9.17, 15) is 14.4 Å². The van der Waals surface area contributed by atoms with Gasteiger partial charge in [-0.3, -0.25) is 14.4 Å². The van der Waals surface area contributed by atoms with Gasteiger partial charge in [-0.25, -0.2) is 0 Å². The van der Waals surface area contributed by atoms with Gasteiger partial charge in [-0.1, -0.05) is 5.16 Å². The number of likely N-dealkylation sites (tertiary alicyclic amines) is 1. The molecule has 31 heavy (non-hydrogen) atoms. The number of nitrogens with one attached hydrogen (secondary N) is 3. The molecular formula is C21H30N5O4S+. The highest BCUT2D eigenvalue weighted by Crippen LogP contribution is 2.28. The SMILES string of the molecule is CNC(=O)c1scc(C)c1NC(=O)C[N+]1(CC(=O)Nc2nocc2C)CCCCCC1. The van der Waals surface area contributed by atoms with Crippen molar-refractivity contribution in [3.05, 3.63) is 27.6 Å². The normalized spacial score (nSPS) is 15.7. The molecule has 1 aliphatic rings. The largest absolute Gasteiger partial charge is 0.362 e. The molecule has 0 aromatic carbocycles. The topological polar surface area (TPSA) is 113 Å². The number of nitrogens with zero attached hydrogens (tertiary/aromatic N) is 2. The highest BCUT2D eigenvalue weighted by molar-refractivity contribution is 7.13. The van der Waals surface area contributed by atoms with Crippen LogP contribution in [0.15, 0.2) is 16.2 Å². The van der Waals surface area contributed by atoms with Gasteiger partial charge in [0.1, 0.15) is 11.1 Å². The zero-order chi connectivity index (χ0) is 22.4. The number of anilines is 2. The van der Waals surface area contributed by atoms with E-state index in [2.05, 4.69) is 21.1 Å². The highest BCUT2D eigenvalue weighted by atomic mass is 32.1. The van der Waals surface area contributed by atoms with Crippen LogP contribution in [0.1, 0.15) is 46.5 Å². The van der Waals surface area contributed by atoms with Crippen LogP contribution in [0.25, 0.3) is 0 Å². The summed E-state index contributed by atoms with van der Waals surface area (Å²) in [7, 11) is 1.57. The van der Waals surface area contributed by atoms with E-state index in [-0.39, 0.29) is 30.8 Å². The van der Waals surface area contributed by atoms with Crippen LogP contribution in [-0.2, 0) is 9.59 Å². The Morgan fingerprint density at radius 2 is 1.68 bits per heavy atom. The van der Waals surface area contributed by atoms with Crippen LogP contribution in [0.2, 0.25) is 0 Å². The monoisotopic (exact) mass is 448 g/mol. The van der Waals surface area contributed by atoms with E-state index in [4.69, 9.17) is 4.52 Å². The maximum absolute atomic E-state index is 13.1. The fraction of sp³-hybridized carbons (Fsp3) is 0.524. The predicted octanol–water partition coefficient (Wildman–Crippen LogP) is 2.68. The standard InChI is InChI=1S/C21H29N5O4S/c1-14-12-30-25-20(14)24-17(28)11-26(8-6-4-5-7-9-26)10-16(27)23-18-15(2)13-31-19(18)21(29)22-3/h12-13H,4-11H2,1-3H3,(H2-,22,23,24,25,27,28,29)/p+1. The van der Waals surface area contributed by atoms with Gasteiger partial charge in [0.15, 0.2) is 18.9 Å². The van der Waals surface area contributed by atoms with Gasteiger partial charge in [0.25, 0.3) is 17.7 Å². The minimum atomic E-state index is -0.227. The summed E-state index contributed by atoms with van der Waals surface area (Å²) in [6.07, 6.45) is 5.59. The highest BCUT2D eigenvalue weighted by Gasteiger charge is 2.35. The number of carbonyl (C=O) groups excluding carboxylic acids is 3. The van der Waals surface area contributed by atoms with Crippen LogP contribution in [0.3, 0.4) is 0 Å². The Labute approximate surface area is 185 Å². The first-order chi connectivity index (χ1) is 14.8. The summed E-state index contributed by atoms with van der Waals surface area (Å²) in [4.78, 5) is 38.5. The van der Waals surface area contributed by atoms with Gasteiger partial charge >= 0.3 is 0 Å². The average Bonchev–Trinajstić information content (AvgIpc) is 3.20. The third kappa shape index (κ3) is 5.71. The molecule has 0 spiro atoms. The Balaban J connectivity index is 1.74. The molecule has 9 nitrogen and oxygen atoms in total. The first-order valence-corrected chi connectivity index (χ1v) is 11.4. The Hall–Kier alpha value is -2.72. The third-order valence-electron chi connectivity index (χ3n) is 5.65. The van der Waals surface area contributed by atoms with Crippen molar-refractivity contribution in [2.45, 2.75) is 39.5 Å². The van der Waals surface area contributed by atoms with Crippen LogP contribution in [0.4, 0.5) is 11.5 Å². The fourth-order valence-electron chi connectivity index (χ4n) is 3.98. The first-order valence-electron chi connectivity index (χ1n) is 10.5. The number of aromatic nitrogens is 1. The molecule has 168 valence electrons. The predicted molar refractivity (Wildman–Crippen MR) is 119 cm³/mol. The van der Waals surface area contributed by atoms with Gasteiger partial charge < -0.3 is 25.0 Å². The molecule has 0 radical (unpaired) electrons. The molecule has 0 unspecified atom stereocenters. The second-order valence-electron chi connectivity index (χ2n) is 8.16.